The highest BCUT2D eigenvalue weighted by molar-refractivity contribution is 5.92. The summed E-state index contributed by atoms with van der Waals surface area (Å²) >= 11 is 0. The molecule has 5 heteroatoms. The smallest absolute Gasteiger partial charge is 0.272 e. The molecule has 110 valence electrons. The van der Waals surface area contributed by atoms with Gasteiger partial charge in [-0.15, -0.1) is 0 Å². The minimum absolute atomic E-state index is 0.0563. The topological polar surface area (TPSA) is 62.5 Å². The lowest BCUT2D eigenvalue weighted by atomic mass is 9.98. The number of carbonyl (C=O) groups is 1. The van der Waals surface area contributed by atoms with E-state index in [1.54, 1.807) is 25.2 Å². The van der Waals surface area contributed by atoms with E-state index in [-0.39, 0.29) is 5.91 Å². The Morgan fingerprint density at radius 2 is 2.30 bits per heavy atom. The molecule has 1 saturated heterocycles. The van der Waals surface area contributed by atoms with Gasteiger partial charge in [-0.3, -0.25) is 9.78 Å². The highest BCUT2D eigenvalue weighted by Gasteiger charge is 2.23. The molecule has 2 heterocycles. The van der Waals surface area contributed by atoms with Gasteiger partial charge in [0.2, 0.25) is 0 Å². The van der Waals surface area contributed by atoms with Gasteiger partial charge >= 0.3 is 0 Å². The molecule has 1 amide bonds. The number of rotatable bonds is 4. The van der Waals surface area contributed by atoms with Crippen molar-refractivity contribution in [3.8, 4) is 0 Å². The minimum Gasteiger partial charge on any atom is -0.368 e. The third-order valence-corrected chi connectivity index (χ3v) is 3.83. The maximum absolute atomic E-state index is 12.0. The van der Waals surface area contributed by atoms with E-state index in [1.165, 1.54) is 19.3 Å². The van der Waals surface area contributed by atoms with Crippen LogP contribution in [-0.2, 0) is 0 Å². The number of hydrogen-bond donors (Lipinski definition) is 1. The van der Waals surface area contributed by atoms with Crippen molar-refractivity contribution in [1.29, 1.82) is 0 Å². The minimum atomic E-state index is -0.0563. The van der Waals surface area contributed by atoms with E-state index < -0.39 is 0 Å². The molecule has 1 aliphatic rings. The maximum atomic E-state index is 12.0. The van der Waals surface area contributed by atoms with E-state index in [0.717, 1.165) is 18.7 Å². The fourth-order valence-corrected chi connectivity index (χ4v) is 2.78. The van der Waals surface area contributed by atoms with Crippen LogP contribution >= 0.6 is 0 Å². The molecule has 0 aromatic carbocycles. The second kappa shape index (κ2) is 6.70. The van der Waals surface area contributed by atoms with Crippen molar-refractivity contribution in [2.24, 2.45) is 5.73 Å². The predicted octanol–water partition coefficient (Wildman–Crippen LogP) is 1.49. The summed E-state index contributed by atoms with van der Waals surface area (Å²) in [5.41, 5.74) is 7.31. The molecule has 1 aromatic heterocycles. The lowest BCUT2D eigenvalue weighted by Crippen LogP contribution is -2.41. The Morgan fingerprint density at radius 1 is 1.50 bits per heavy atom. The number of aromatic nitrogens is 1. The van der Waals surface area contributed by atoms with Crippen molar-refractivity contribution >= 4 is 11.6 Å². The zero-order valence-corrected chi connectivity index (χ0v) is 12.4. The quantitative estimate of drug-likeness (QED) is 0.905. The molecule has 1 aromatic rings. The van der Waals surface area contributed by atoms with Crippen LogP contribution in [0.15, 0.2) is 18.3 Å². The zero-order chi connectivity index (χ0) is 14.5. The molecule has 0 bridgehead atoms. The third kappa shape index (κ3) is 3.28. The van der Waals surface area contributed by atoms with Gasteiger partial charge in [0.05, 0.1) is 0 Å². The lowest BCUT2D eigenvalue weighted by molar-refractivity contribution is 0.0822. The second-order valence-corrected chi connectivity index (χ2v) is 5.52. The lowest BCUT2D eigenvalue weighted by Gasteiger charge is -2.37. The average molecular weight is 276 g/mol. The van der Waals surface area contributed by atoms with Crippen molar-refractivity contribution in [1.82, 2.24) is 9.88 Å². The number of anilines is 1. The van der Waals surface area contributed by atoms with Gasteiger partial charge in [0.15, 0.2) is 0 Å². The first-order chi connectivity index (χ1) is 9.63. The van der Waals surface area contributed by atoms with Crippen molar-refractivity contribution in [2.75, 3.05) is 32.1 Å². The number of nitrogens with two attached hydrogens (primary N) is 1. The Morgan fingerprint density at radius 3 is 3.00 bits per heavy atom. The van der Waals surface area contributed by atoms with E-state index in [9.17, 15) is 4.79 Å². The first-order valence-electron chi connectivity index (χ1n) is 7.28. The van der Waals surface area contributed by atoms with Gasteiger partial charge in [0.25, 0.3) is 5.91 Å². The number of hydrogen-bond acceptors (Lipinski definition) is 4. The van der Waals surface area contributed by atoms with Crippen LogP contribution in [0.5, 0.6) is 0 Å². The molecule has 0 spiro atoms. The Labute approximate surface area is 120 Å². The van der Waals surface area contributed by atoms with E-state index in [2.05, 4.69) is 9.88 Å². The van der Waals surface area contributed by atoms with Crippen LogP contribution in [0.3, 0.4) is 0 Å². The number of carbonyl (C=O) groups excluding carboxylic acids is 1. The van der Waals surface area contributed by atoms with E-state index in [1.807, 2.05) is 12.1 Å². The Kier molecular flexibility index (Phi) is 4.95. The SMILES string of the molecule is CN(C)C(=O)c1cc(N2CCCCC2CCN)ccn1. The summed E-state index contributed by atoms with van der Waals surface area (Å²) < 4.78 is 0. The molecule has 5 nitrogen and oxygen atoms in total. The van der Waals surface area contributed by atoms with Gasteiger partial charge < -0.3 is 15.5 Å². The predicted molar refractivity (Wildman–Crippen MR) is 80.9 cm³/mol. The maximum Gasteiger partial charge on any atom is 0.272 e. The normalized spacial score (nSPS) is 18.9. The molecule has 1 aliphatic heterocycles. The molecule has 20 heavy (non-hydrogen) atoms. The van der Waals surface area contributed by atoms with Crippen LogP contribution in [0, 0.1) is 0 Å². The van der Waals surface area contributed by atoms with Gasteiger partial charge in [0, 0.05) is 38.6 Å². The molecule has 1 fully saturated rings. The molecule has 0 aliphatic carbocycles. The molecular weight excluding hydrogens is 252 g/mol. The second-order valence-electron chi connectivity index (χ2n) is 5.52. The van der Waals surface area contributed by atoms with Crippen molar-refractivity contribution in [3.05, 3.63) is 24.0 Å². The highest BCUT2D eigenvalue weighted by Crippen LogP contribution is 2.26. The van der Waals surface area contributed by atoms with Gasteiger partial charge in [0.1, 0.15) is 5.69 Å². The molecular formula is C15H24N4O. The summed E-state index contributed by atoms with van der Waals surface area (Å²) in [7, 11) is 3.49. The van der Waals surface area contributed by atoms with Crippen molar-refractivity contribution in [3.63, 3.8) is 0 Å². The molecule has 2 rings (SSSR count). The van der Waals surface area contributed by atoms with Gasteiger partial charge in [-0.1, -0.05) is 0 Å². The van der Waals surface area contributed by atoms with Crippen LogP contribution in [0.4, 0.5) is 5.69 Å². The fraction of sp³-hybridized carbons (Fsp3) is 0.600. The van der Waals surface area contributed by atoms with Gasteiger partial charge in [-0.2, -0.15) is 0 Å². The van der Waals surface area contributed by atoms with Gasteiger partial charge in [-0.05, 0) is 44.4 Å². The average Bonchev–Trinajstić information content (AvgIpc) is 2.47. The summed E-state index contributed by atoms with van der Waals surface area (Å²) in [5, 5.41) is 0. The molecule has 1 unspecified atom stereocenters. The summed E-state index contributed by atoms with van der Waals surface area (Å²) in [6.45, 7) is 1.74. The number of amides is 1. The summed E-state index contributed by atoms with van der Waals surface area (Å²) in [6, 6.07) is 4.37. The molecule has 0 saturated carbocycles. The summed E-state index contributed by atoms with van der Waals surface area (Å²) in [6.07, 6.45) is 6.35. The largest absolute Gasteiger partial charge is 0.368 e. The number of nitrogens with zero attached hydrogens (tertiary/aromatic N) is 3. The van der Waals surface area contributed by atoms with Crippen molar-refractivity contribution in [2.45, 2.75) is 31.7 Å². The monoisotopic (exact) mass is 276 g/mol. The molecule has 1 atom stereocenters. The van der Waals surface area contributed by atoms with Gasteiger partial charge in [-0.25, -0.2) is 0 Å². The first kappa shape index (κ1) is 14.8. The van der Waals surface area contributed by atoms with Crippen LogP contribution in [0.2, 0.25) is 0 Å². The summed E-state index contributed by atoms with van der Waals surface area (Å²) in [5.74, 6) is -0.0563. The summed E-state index contributed by atoms with van der Waals surface area (Å²) in [4.78, 5) is 20.1. The standard InChI is InChI=1S/C15H24N4O/c1-18(2)15(20)14-11-13(7-9-17-14)19-10-4-3-5-12(19)6-8-16/h7,9,11-12H,3-6,8,10,16H2,1-2H3. The van der Waals surface area contributed by atoms with E-state index in [0.29, 0.717) is 18.3 Å². The number of piperidine rings is 1. The fourth-order valence-electron chi connectivity index (χ4n) is 2.78. The first-order valence-corrected chi connectivity index (χ1v) is 7.28. The van der Waals surface area contributed by atoms with Crippen LogP contribution in [0.25, 0.3) is 0 Å². The Balaban J connectivity index is 2.22. The Bertz CT molecular complexity index is 459. The molecule has 2 N–H and O–H groups in total. The van der Waals surface area contributed by atoms with Crippen LogP contribution in [0.1, 0.15) is 36.2 Å². The van der Waals surface area contributed by atoms with Crippen molar-refractivity contribution < 1.29 is 4.79 Å². The van der Waals surface area contributed by atoms with Crippen LogP contribution in [-0.4, -0.2) is 49.0 Å². The Hall–Kier alpha value is -1.62. The highest BCUT2D eigenvalue weighted by atomic mass is 16.2. The van der Waals surface area contributed by atoms with E-state index >= 15 is 0 Å². The molecule has 0 radical (unpaired) electrons. The number of pyridine rings is 1. The van der Waals surface area contributed by atoms with E-state index in [4.69, 9.17) is 5.73 Å². The third-order valence-electron chi connectivity index (χ3n) is 3.83. The van der Waals surface area contributed by atoms with Crippen LogP contribution < -0.4 is 10.6 Å². The zero-order valence-electron chi connectivity index (χ0n) is 12.4.